The molecule has 168 valence electrons. The molecule has 1 unspecified atom stereocenters. The minimum absolute atomic E-state index is 0.220. The normalized spacial score (nSPS) is 12.2. The maximum atomic E-state index is 12.9. The van der Waals surface area contributed by atoms with Crippen LogP contribution in [0.1, 0.15) is 33.3 Å². The van der Waals surface area contributed by atoms with Crippen LogP contribution >= 0.6 is 0 Å². The first-order chi connectivity index (χ1) is 15.1. The van der Waals surface area contributed by atoms with Gasteiger partial charge in [0.05, 0.1) is 11.4 Å². The molecule has 2 amide bonds. The minimum atomic E-state index is -0.723. The van der Waals surface area contributed by atoms with Gasteiger partial charge >= 0.3 is 6.09 Å². The molecule has 3 aromatic rings. The number of benzene rings is 2. The third-order valence-corrected chi connectivity index (χ3v) is 4.75. The summed E-state index contributed by atoms with van der Waals surface area (Å²) < 4.78 is 7.07. The molecular weight excluding hydrogens is 404 g/mol. The topological polar surface area (TPSA) is 76.5 Å². The first kappa shape index (κ1) is 23.1. The standard InChI is InChI=1S/C25H30N4O3/c1-18(26-24(31)32-25(2,3)4)23(30)28(5)16-20-17-29(21-14-10-7-11-15-21)27-22(20)19-12-8-6-9-13-19/h6-15,17-18H,16H2,1-5H3,(H,26,31). The highest BCUT2D eigenvalue weighted by Crippen LogP contribution is 2.24. The Balaban J connectivity index is 1.80. The Morgan fingerprint density at radius 2 is 1.66 bits per heavy atom. The average molecular weight is 435 g/mol. The lowest BCUT2D eigenvalue weighted by atomic mass is 10.1. The number of likely N-dealkylation sites (N-methyl/N-ethyl adjacent to an activating group) is 1. The summed E-state index contributed by atoms with van der Waals surface area (Å²) >= 11 is 0. The van der Waals surface area contributed by atoms with Gasteiger partial charge in [0.25, 0.3) is 0 Å². The smallest absolute Gasteiger partial charge is 0.408 e. The van der Waals surface area contributed by atoms with Gasteiger partial charge in [0, 0.05) is 30.9 Å². The Morgan fingerprint density at radius 1 is 1.06 bits per heavy atom. The molecule has 7 heteroatoms. The van der Waals surface area contributed by atoms with Gasteiger partial charge in [-0.1, -0.05) is 48.5 Å². The minimum Gasteiger partial charge on any atom is -0.444 e. The third-order valence-electron chi connectivity index (χ3n) is 4.75. The van der Waals surface area contributed by atoms with Crippen molar-refractivity contribution in [2.75, 3.05) is 7.05 Å². The maximum Gasteiger partial charge on any atom is 0.408 e. The molecule has 0 radical (unpaired) electrons. The molecule has 0 bridgehead atoms. The van der Waals surface area contributed by atoms with E-state index in [-0.39, 0.29) is 5.91 Å². The van der Waals surface area contributed by atoms with Crippen molar-refractivity contribution in [1.82, 2.24) is 20.0 Å². The van der Waals surface area contributed by atoms with E-state index in [0.717, 1.165) is 22.5 Å². The molecule has 0 fully saturated rings. The van der Waals surface area contributed by atoms with Gasteiger partial charge in [0.1, 0.15) is 11.6 Å². The third kappa shape index (κ3) is 5.97. The number of hydrogen-bond donors (Lipinski definition) is 1. The van der Waals surface area contributed by atoms with Crippen LogP contribution in [0.4, 0.5) is 4.79 Å². The summed E-state index contributed by atoms with van der Waals surface area (Å²) in [4.78, 5) is 26.5. The van der Waals surface area contributed by atoms with E-state index >= 15 is 0 Å². The summed E-state index contributed by atoms with van der Waals surface area (Å²) in [5, 5.41) is 7.39. The van der Waals surface area contributed by atoms with Crippen LogP contribution in [0.15, 0.2) is 66.9 Å². The number of carbonyl (C=O) groups excluding carboxylic acids is 2. The number of ether oxygens (including phenoxy) is 1. The molecule has 0 aliphatic heterocycles. The quantitative estimate of drug-likeness (QED) is 0.623. The summed E-state index contributed by atoms with van der Waals surface area (Å²) in [6.07, 6.45) is 1.32. The molecule has 7 nitrogen and oxygen atoms in total. The molecule has 32 heavy (non-hydrogen) atoms. The number of hydrogen-bond acceptors (Lipinski definition) is 4. The highest BCUT2D eigenvalue weighted by molar-refractivity contribution is 5.85. The van der Waals surface area contributed by atoms with Crippen LogP contribution in [0.2, 0.25) is 0 Å². The number of amides is 2. The number of alkyl carbamates (subject to hydrolysis) is 1. The van der Waals surface area contributed by atoms with Gasteiger partial charge in [-0.15, -0.1) is 0 Å². The molecule has 1 atom stereocenters. The summed E-state index contributed by atoms with van der Waals surface area (Å²) in [7, 11) is 1.71. The van der Waals surface area contributed by atoms with E-state index in [1.807, 2.05) is 71.5 Å². The van der Waals surface area contributed by atoms with E-state index in [4.69, 9.17) is 9.84 Å². The molecule has 0 spiro atoms. The van der Waals surface area contributed by atoms with Crippen molar-refractivity contribution in [1.29, 1.82) is 0 Å². The fourth-order valence-corrected chi connectivity index (χ4v) is 3.29. The van der Waals surface area contributed by atoms with Gasteiger partial charge < -0.3 is 15.0 Å². The zero-order chi connectivity index (χ0) is 23.3. The molecule has 2 aromatic carbocycles. The number of nitrogens with one attached hydrogen (secondary N) is 1. The molecule has 1 heterocycles. The van der Waals surface area contributed by atoms with Crippen LogP contribution in [0.25, 0.3) is 16.9 Å². The number of aromatic nitrogens is 2. The lowest BCUT2D eigenvalue weighted by molar-refractivity contribution is -0.132. The Kier molecular flexibility index (Phi) is 6.98. The molecule has 1 N–H and O–H groups in total. The van der Waals surface area contributed by atoms with Crippen molar-refractivity contribution in [2.24, 2.45) is 0 Å². The monoisotopic (exact) mass is 434 g/mol. The van der Waals surface area contributed by atoms with E-state index in [1.165, 1.54) is 0 Å². The predicted molar refractivity (Wildman–Crippen MR) is 124 cm³/mol. The van der Waals surface area contributed by atoms with E-state index in [2.05, 4.69) is 5.32 Å². The average Bonchev–Trinajstić information content (AvgIpc) is 3.16. The molecule has 1 aromatic heterocycles. The fourth-order valence-electron chi connectivity index (χ4n) is 3.29. The summed E-state index contributed by atoms with van der Waals surface area (Å²) in [6.45, 7) is 7.33. The van der Waals surface area contributed by atoms with Crippen LogP contribution in [0.5, 0.6) is 0 Å². The lowest BCUT2D eigenvalue weighted by Crippen LogP contribution is -2.46. The fraction of sp³-hybridized carbons (Fsp3) is 0.320. The van der Waals surface area contributed by atoms with Crippen molar-refractivity contribution < 1.29 is 14.3 Å². The van der Waals surface area contributed by atoms with Crippen molar-refractivity contribution in [2.45, 2.75) is 45.9 Å². The number of para-hydroxylation sites is 1. The Labute approximate surface area is 189 Å². The van der Waals surface area contributed by atoms with E-state index in [9.17, 15) is 9.59 Å². The van der Waals surface area contributed by atoms with Crippen LogP contribution in [0.3, 0.4) is 0 Å². The van der Waals surface area contributed by atoms with Crippen LogP contribution in [-0.2, 0) is 16.1 Å². The van der Waals surface area contributed by atoms with E-state index in [1.54, 1.807) is 39.6 Å². The molecule has 0 aliphatic carbocycles. The van der Waals surface area contributed by atoms with Crippen molar-refractivity contribution in [3.8, 4) is 16.9 Å². The highest BCUT2D eigenvalue weighted by Gasteiger charge is 2.24. The second kappa shape index (κ2) is 9.68. The molecular formula is C25H30N4O3. The van der Waals surface area contributed by atoms with Gasteiger partial charge in [0.2, 0.25) is 5.91 Å². The van der Waals surface area contributed by atoms with Gasteiger partial charge in [0.15, 0.2) is 0 Å². The summed E-state index contributed by atoms with van der Waals surface area (Å²) in [6, 6.07) is 19.0. The van der Waals surface area contributed by atoms with Crippen molar-refractivity contribution in [3.05, 3.63) is 72.4 Å². The molecule has 0 saturated carbocycles. The van der Waals surface area contributed by atoms with Crippen LogP contribution in [-0.4, -0.2) is 45.4 Å². The van der Waals surface area contributed by atoms with Gasteiger partial charge in [-0.05, 0) is 39.8 Å². The molecule has 3 rings (SSSR count). The van der Waals surface area contributed by atoms with E-state index in [0.29, 0.717) is 6.54 Å². The second-order valence-electron chi connectivity index (χ2n) is 8.71. The predicted octanol–water partition coefficient (Wildman–Crippen LogP) is 4.41. The van der Waals surface area contributed by atoms with Crippen LogP contribution < -0.4 is 5.32 Å². The van der Waals surface area contributed by atoms with Gasteiger partial charge in [-0.3, -0.25) is 4.79 Å². The lowest BCUT2D eigenvalue weighted by Gasteiger charge is -2.24. The molecule has 0 saturated heterocycles. The van der Waals surface area contributed by atoms with E-state index < -0.39 is 17.7 Å². The number of rotatable bonds is 6. The maximum absolute atomic E-state index is 12.9. The number of nitrogens with zero attached hydrogens (tertiary/aromatic N) is 3. The van der Waals surface area contributed by atoms with Gasteiger partial charge in [-0.2, -0.15) is 5.10 Å². The van der Waals surface area contributed by atoms with Crippen molar-refractivity contribution in [3.63, 3.8) is 0 Å². The largest absolute Gasteiger partial charge is 0.444 e. The zero-order valence-corrected chi connectivity index (χ0v) is 19.2. The highest BCUT2D eigenvalue weighted by atomic mass is 16.6. The first-order valence-corrected chi connectivity index (χ1v) is 10.6. The van der Waals surface area contributed by atoms with Crippen LogP contribution in [0, 0.1) is 0 Å². The zero-order valence-electron chi connectivity index (χ0n) is 19.2. The SMILES string of the molecule is CC(NC(=O)OC(C)(C)C)C(=O)N(C)Cc1cn(-c2ccccc2)nc1-c1ccccc1. The summed E-state index contributed by atoms with van der Waals surface area (Å²) in [5.41, 5.74) is 2.99. The Morgan fingerprint density at radius 3 is 2.25 bits per heavy atom. The number of carbonyl (C=O) groups is 2. The summed E-state index contributed by atoms with van der Waals surface area (Å²) in [5.74, 6) is -0.220. The van der Waals surface area contributed by atoms with Gasteiger partial charge in [-0.25, -0.2) is 9.48 Å². The first-order valence-electron chi connectivity index (χ1n) is 10.6. The Hall–Kier alpha value is -3.61. The second-order valence-corrected chi connectivity index (χ2v) is 8.71. The van der Waals surface area contributed by atoms with Crippen molar-refractivity contribution >= 4 is 12.0 Å². The molecule has 0 aliphatic rings. The Bertz CT molecular complexity index is 1060.